The number of rotatable bonds is 8. The lowest BCUT2D eigenvalue weighted by atomic mass is 10.2. The molecule has 2 N–H and O–H groups in total. The standard InChI is InChI=1S/C28H21N3O5S/c1-35-21-13-9-18(10-14-21)29-24-25(28(34)31(27(24)33)20-6-3-2-4-7-20)37-22-15-11-19(12-16-22)30-26(32)23-8-5-17-36-23/h2-17,29H,1H3,(H,30,32). The summed E-state index contributed by atoms with van der Waals surface area (Å²) < 4.78 is 10.3. The van der Waals surface area contributed by atoms with Crippen LogP contribution in [0.1, 0.15) is 10.6 Å². The van der Waals surface area contributed by atoms with Gasteiger partial charge in [0.25, 0.3) is 17.7 Å². The number of carbonyl (C=O) groups excluding carboxylic acids is 3. The van der Waals surface area contributed by atoms with Crippen LogP contribution in [0, 0.1) is 0 Å². The van der Waals surface area contributed by atoms with E-state index in [-0.39, 0.29) is 22.3 Å². The van der Waals surface area contributed by atoms with Gasteiger partial charge in [-0.05, 0) is 72.8 Å². The highest BCUT2D eigenvalue weighted by Gasteiger charge is 2.40. The monoisotopic (exact) mass is 511 g/mol. The molecule has 0 aliphatic carbocycles. The Hall–Kier alpha value is -4.76. The molecular weight excluding hydrogens is 490 g/mol. The van der Waals surface area contributed by atoms with Crippen molar-refractivity contribution in [3.63, 3.8) is 0 Å². The number of hydrogen-bond acceptors (Lipinski definition) is 7. The van der Waals surface area contributed by atoms with Crippen molar-refractivity contribution in [2.75, 3.05) is 22.6 Å². The first-order chi connectivity index (χ1) is 18.0. The summed E-state index contributed by atoms with van der Waals surface area (Å²) in [5.74, 6) is -0.361. The molecule has 0 spiro atoms. The third-order valence-electron chi connectivity index (χ3n) is 5.49. The predicted molar refractivity (Wildman–Crippen MR) is 142 cm³/mol. The van der Waals surface area contributed by atoms with E-state index >= 15 is 0 Å². The highest BCUT2D eigenvalue weighted by Crippen LogP contribution is 2.38. The molecule has 37 heavy (non-hydrogen) atoms. The molecule has 5 rings (SSSR count). The Morgan fingerprint density at radius 3 is 2.19 bits per heavy atom. The topological polar surface area (TPSA) is 101 Å². The summed E-state index contributed by atoms with van der Waals surface area (Å²) in [6.45, 7) is 0. The van der Waals surface area contributed by atoms with Gasteiger partial charge >= 0.3 is 0 Å². The van der Waals surface area contributed by atoms with Gasteiger partial charge in [-0.3, -0.25) is 14.4 Å². The molecule has 2 heterocycles. The van der Waals surface area contributed by atoms with Gasteiger partial charge in [-0.1, -0.05) is 30.0 Å². The van der Waals surface area contributed by atoms with Gasteiger partial charge in [0.1, 0.15) is 16.4 Å². The molecule has 1 aliphatic heterocycles. The molecule has 1 aliphatic rings. The van der Waals surface area contributed by atoms with Crippen LogP contribution >= 0.6 is 11.8 Å². The fraction of sp³-hybridized carbons (Fsp3) is 0.0357. The number of imide groups is 1. The Bertz CT molecular complexity index is 1460. The summed E-state index contributed by atoms with van der Waals surface area (Å²) >= 11 is 1.17. The number of nitrogens with one attached hydrogen (secondary N) is 2. The zero-order valence-corrected chi connectivity index (χ0v) is 20.5. The maximum atomic E-state index is 13.5. The van der Waals surface area contributed by atoms with E-state index in [2.05, 4.69) is 10.6 Å². The van der Waals surface area contributed by atoms with Crippen LogP contribution < -0.4 is 20.3 Å². The van der Waals surface area contributed by atoms with E-state index in [9.17, 15) is 14.4 Å². The fourth-order valence-corrected chi connectivity index (χ4v) is 4.60. The quantitative estimate of drug-likeness (QED) is 0.300. The maximum Gasteiger partial charge on any atom is 0.291 e. The van der Waals surface area contributed by atoms with Crippen molar-refractivity contribution in [3.8, 4) is 5.75 Å². The zero-order chi connectivity index (χ0) is 25.8. The number of ether oxygens (including phenoxy) is 1. The summed E-state index contributed by atoms with van der Waals surface area (Å²) in [4.78, 5) is 41.3. The van der Waals surface area contributed by atoms with Gasteiger partial charge in [-0.25, -0.2) is 4.90 Å². The maximum absolute atomic E-state index is 13.5. The molecule has 0 bridgehead atoms. The number of benzene rings is 3. The van der Waals surface area contributed by atoms with E-state index in [0.717, 1.165) is 9.80 Å². The second-order valence-electron chi connectivity index (χ2n) is 7.90. The average molecular weight is 512 g/mol. The lowest BCUT2D eigenvalue weighted by molar-refractivity contribution is -0.120. The molecule has 184 valence electrons. The highest BCUT2D eigenvalue weighted by atomic mass is 32.2. The van der Waals surface area contributed by atoms with Crippen molar-refractivity contribution in [1.82, 2.24) is 0 Å². The van der Waals surface area contributed by atoms with E-state index in [4.69, 9.17) is 9.15 Å². The average Bonchev–Trinajstić information content (AvgIpc) is 3.54. The fourth-order valence-electron chi connectivity index (χ4n) is 3.67. The minimum absolute atomic E-state index is 0.180. The summed E-state index contributed by atoms with van der Waals surface area (Å²) in [6.07, 6.45) is 1.43. The van der Waals surface area contributed by atoms with Crippen LogP contribution in [-0.2, 0) is 9.59 Å². The van der Waals surface area contributed by atoms with Crippen molar-refractivity contribution in [2.45, 2.75) is 4.90 Å². The van der Waals surface area contributed by atoms with Crippen molar-refractivity contribution in [3.05, 3.63) is 114 Å². The number of nitrogens with zero attached hydrogens (tertiary/aromatic N) is 1. The first-order valence-corrected chi connectivity index (χ1v) is 12.1. The van der Waals surface area contributed by atoms with Crippen LogP contribution in [0.2, 0.25) is 0 Å². The Kier molecular flexibility index (Phi) is 6.78. The molecule has 0 atom stereocenters. The van der Waals surface area contributed by atoms with Crippen LogP contribution in [0.15, 0.2) is 117 Å². The van der Waals surface area contributed by atoms with Gasteiger partial charge in [0.15, 0.2) is 5.76 Å². The molecule has 4 aromatic rings. The summed E-state index contributed by atoms with van der Waals surface area (Å²) in [5.41, 5.74) is 1.87. The van der Waals surface area contributed by atoms with Crippen molar-refractivity contribution < 1.29 is 23.5 Å². The molecule has 3 amide bonds. The molecule has 3 aromatic carbocycles. The first-order valence-electron chi connectivity index (χ1n) is 11.3. The van der Waals surface area contributed by atoms with Crippen LogP contribution in [-0.4, -0.2) is 24.8 Å². The molecule has 8 nitrogen and oxygen atoms in total. The predicted octanol–water partition coefficient (Wildman–Crippen LogP) is 5.53. The molecular formula is C28H21N3O5S. The van der Waals surface area contributed by atoms with E-state index in [1.165, 1.54) is 18.0 Å². The van der Waals surface area contributed by atoms with Crippen molar-refractivity contribution in [2.24, 2.45) is 0 Å². The number of hydrogen-bond donors (Lipinski definition) is 2. The third kappa shape index (κ3) is 5.12. The Balaban J connectivity index is 1.41. The number of para-hydroxylation sites is 1. The number of furan rings is 1. The smallest absolute Gasteiger partial charge is 0.291 e. The third-order valence-corrected chi connectivity index (χ3v) is 6.58. The summed E-state index contributed by atoms with van der Waals surface area (Å²) in [5, 5.41) is 5.87. The summed E-state index contributed by atoms with van der Waals surface area (Å²) in [6, 6.07) is 26.0. The van der Waals surface area contributed by atoms with Crippen LogP contribution in [0.25, 0.3) is 0 Å². The van der Waals surface area contributed by atoms with E-state index in [0.29, 0.717) is 22.8 Å². The minimum Gasteiger partial charge on any atom is -0.497 e. The molecule has 9 heteroatoms. The number of thioether (sulfide) groups is 1. The van der Waals surface area contributed by atoms with Crippen LogP contribution in [0.3, 0.4) is 0 Å². The summed E-state index contributed by atoms with van der Waals surface area (Å²) in [7, 11) is 1.57. The number of amides is 3. The van der Waals surface area contributed by atoms with Gasteiger partial charge in [0, 0.05) is 16.3 Å². The molecule has 0 unspecified atom stereocenters. The second-order valence-corrected chi connectivity index (χ2v) is 8.98. The molecule has 0 saturated carbocycles. The molecule has 0 fully saturated rings. The van der Waals surface area contributed by atoms with Gasteiger partial charge in [-0.15, -0.1) is 0 Å². The largest absolute Gasteiger partial charge is 0.497 e. The van der Waals surface area contributed by atoms with Crippen LogP contribution in [0.4, 0.5) is 17.1 Å². The van der Waals surface area contributed by atoms with E-state index in [1.807, 2.05) is 6.07 Å². The Morgan fingerprint density at radius 2 is 1.54 bits per heavy atom. The van der Waals surface area contributed by atoms with Crippen molar-refractivity contribution >= 4 is 46.5 Å². The number of methoxy groups -OCH3 is 1. The van der Waals surface area contributed by atoms with E-state index in [1.54, 1.807) is 92.0 Å². The van der Waals surface area contributed by atoms with Crippen molar-refractivity contribution in [1.29, 1.82) is 0 Å². The minimum atomic E-state index is -0.447. The van der Waals surface area contributed by atoms with Crippen LogP contribution in [0.5, 0.6) is 5.75 Å². The lowest BCUT2D eigenvalue weighted by Gasteiger charge is -2.15. The van der Waals surface area contributed by atoms with Gasteiger partial charge < -0.3 is 19.8 Å². The Morgan fingerprint density at radius 1 is 0.838 bits per heavy atom. The molecule has 1 aromatic heterocycles. The number of carbonyl (C=O) groups is 3. The normalized spacial score (nSPS) is 13.2. The molecule has 0 saturated heterocycles. The van der Waals surface area contributed by atoms with E-state index < -0.39 is 11.8 Å². The zero-order valence-electron chi connectivity index (χ0n) is 19.6. The van der Waals surface area contributed by atoms with Gasteiger partial charge in [0.05, 0.1) is 19.1 Å². The SMILES string of the molecule is COc1ccc(NC2=C(Sc3ccc(NC(=O)c4ccco4)cc3)C(=O)N(c3ccccc3)C2=O)cc1. The molecule has 0 radical (unpaired) electrons. The Labute approximate surface area is 216 Å². The lowest BCUT2D eigenvalue weighted by Crippen LogP contribution is -2.32. The second kappa shape index (κ2) is 10.5. The van der Waals surface area contributed by atoms with Gasteiger partial charge in [0.2, 0.25) is 0 Å². The van der Waals surface area contributed by atoms with Gasteiger partial charge in [-0.2, -0.15) is 0 Å². The highest BCUT2D eigenvalue weighted by molar-refractivity contribution is 8.04. The first kappa shape index (κ1) is 24.0. The number of anilines is 3.